The summed E-state index contributed by atoms with van der Waals surface area (Å²) in [6.07, 6.45) is 3.52. The van der Waals surface area contributed by atoms with Crippen molar-refractivity contribution in [1.29, 1.82) is 0 Å². The van der Waals surface area contributed by atoms with Crippen molar-refractivity contribution in [2.75, 3.05) is 0 Å². The molecule has 0 bridgehead atoms. The molecule has 1 N–H and O–H groups in total. The average molecular weight is 245 g/mol. The van der Waals surface area contributed by atoms with E-state index in [0.717, 1.165) is 16.2 Å². The monoisotopic (exact) mass is 245 g/mol. The van der Waals surface area contributed by atoms with Gasteiger partial charge in [-0.2, -0.15) is 0 Å². The standard InChI is InChI=1S/C13H11NO2S/c15-13(16)11-3-1-10(2-4-11)9-17-12-5-7-14-8-6-12/h1-8H,9H2,(H,15,16). The van der Waals surface area contributed by atoms with E-state index in [-0.39, 0.29) is 0 Å². The molecule has 1 aromatic carbocycles. The second kappa shape index (κ2) is 5.50. The molecule has 0 spiro atoms. The van der Waals surface area contributed by atoms with Gasteiger partial charge in [0.25, 0.3) is 0 Å². The fourth-order valence-corrected chi connectivity index (χ4v) is 2.18. The Bertz CT molecular complexity index is 497. The van der Waals surface area contributed by atoms with Gasteiger partial charge in [-0.1, -0.05) is 12.1 Å². The number of carboxylic acid groups (broad SMARTS) is 1. The van der Waals surface area contributed by atoms with Crippen molar-refractivity contribution in [2.24, 2.45) is 0 Å². The third-order valence-electron chi connectivity index (χ3n) is 2.26. The quantitative estimate of drug-likeness (QED) is 0.841. The summed E-state index contributed by atoms with van der Waals surface area (Å²) in [7, 11) is 0. The van der Waals surface area contributed by atoms with Gasteiger partial charge in [0.1, 0.15) is 0 Å². The lowest BCUT2D eigenvalue weighted by atomic mass is 10.1. The van der Waals surface area contributed by atoms with E-state index in [9.17, 15) is 4.79 Å². The van der Waals surface area contributed by atoms with E-state index >= 15 is 0 Å². The number of aromatic carboxylic acids is 1. The first-order valence-corrected chi connectivity index (χ1v) is 6.09. The topological polar surface area (TPSA) is 50.2 Å². The number of aromatic nitrogens is 1. The third-order valence-corrected chi connectivity index (χ3v) is 3.34. The second-order valence-corrected chi connectivity index (χ2v) is 4.52. The Morgan fingerprint density at radius 2 is 1.76 bits per heavy atom. The third kappa shape index (κ3) is 3.32. The summed E-state index contributed by atoms with van der Waals surface area (Å²) < 4.78 is 0. The summed E-state index contributed by atoms with van der Waals surface area (Å²) in [6, 6.07) is 10.9. The number of nitrogens with zero attached hydrogens (tertiary/aromatic N) is 1. The summed E-state index contributed by atoms with van der Waals surface area (Å²) in [4.78, 5) is 15.8. The van der Waals surface area contributed by atoms with Gasteiger partial charge in [0, 0.05) is 23.0 Å². The van der Waals surface area contributed by atoms with Gasteiger partial charge < -0.3 is 5.11 Å². The Labute approximate surface area is 104 Å². The van der Waals surface area contributed by atoms with E-state index in [1.54, 1.807) is 36.3 Å². The van der Waals surface area contributed by atoms with Gasteiger partial charge >= 0.3 is 5.97 Å². The van der Waals surface area contributed by atoms with Gasteiger partial charge in [-0.25, -0.2) is 4.79 Å². The van der Waals surface area contributed by atoms with Crippen molar-refractivity contribution in [3.05, 3.63) is 59.9 Å². The lowest BCUT2D eigenvalue weighted by Gasteiger charge is -2.02. The van der Waals surface area contributed by atoms with E-state index in [2.05, 4.69) is 4.98 Å². The molecule has 0 saturated carbocycles. The van der Waals surface area contributed by atoms with Crippen LogP contribution in [0.5, 0.6) is 0 Å². The first kappa shape index (κ1) is 11.7. The molecule has 1 aromatic heterocycles. The second-order valence-electron chi connectivity index (χ2n) is 3.47. The van der Waals surface area contributed by atoms with E-state index in [1.165, 1.54) is 0 Å². The number of carboxylic acids is 1. The van der Waals surface area contributed by atoms with E-state index in [1.807, 2.05) is 24.3 Å². The smallest absolute Gasteiger partial charge is 0.335 e. The van der Waals surface area contributed by atoms with Crippen LogP contribution in [0.4, 0.5) is 0 Å². The molecule has 0 fully saturated rings. The fraction of sp³-hybridized carbons (Fsp3) is 0.0769. The predicted molar refractivity (Wildman–Crippen MR) is 67.2 cm³/mol. The molecule has 2 aromatic rings. The molecule has 0 amide bonds. The molecule has 0 aliphatic heterocycles. The van der Waals surface area contributed by atoms with Crippen LogP contribution in [-0.2, 0) is 5.75 Å². The summed E-state index contributed by atoms with van der Waals surface area (Å²) in [5, 5.41) is 8.77. The number of thioether (sulfide) groups is 1. The van der Waals surface area contributed by atoms with Crippen LogP contribution in [0.3, 0.4) is 0 Å². The van der Waals surface area contributed by atoms with Crippen LogP contribution in [-0.4, -0.2) is 16.1 Å². The molecule has 2 rings (SSSR count). The van der Waals surface area contributed by atoms with Gasteiger partial charge in [0.15, 0.2) is 0 Å². The molecule has 0 aliphatic carbocycles. The van der Waals surface area contributed by atoms with Gasteiger partial charge in [0.05, 0.1) is 5.56 Å². The molecule has 0 radical (unpaired) electrons. The molecule has 0 unspecified atom stereocenters. The van der Waals surface area contributed by atoms with E-state index in [0.29, 0.717) is 5.56 Å². The van der Waals surface area contributed by atoms with Crippen molar-refractivity contribution in [1.82, 2.24) is 4.98 Å². The molecular weight excluding hydrogens is 234 g/mol. The van der Waals surface area contributed by atoms with Crippen LogP contribution in [0.25, 0.3) is 0 Å². The van der Waals surface area contributed by atoms with Gasteiger partial charge in [-0.05, 0) is 29.8 Å². The molecule has 4 heteroatoms. The molecule has 3 nitrogen and oxygen atoms in total. The lowest BCUT2D eigenvalue weighted by molar-refractivity contribution is 0.0697. The number of benzene rings is 1. The van der Waals surface area contributed by atoms with Crippen LogP contribution in [0.15, 0.2) is 53.7 Å². The SMILES string of the molecule is O=C(O)c1ccc(CSc2ccncc2)cc1. The summed E-state index contributed by atoms with van der Waals surface area (Å²) in [5.41, 5.74) is 1.43. The van der Waals surface area contributed by atoms with E-state index < -0.39 is 5.97 Å². The molecule has 86 valence electrons. The molecule has 1 heterocycles. The molecule has 0 atom stereocenters. The van der Waals surface area contributed by atoms with Gasteiger partial charge in [-0.15, -0.1) is 11.8 Å². The number of carbonyl (C=O) groups is 1. The van der Waals surface area contributed by atoms with Crippen LogP contribution < -0.4 is 0 Å². The number of hydrogen-bond donors (Lipinski definition) is 1. The molecule has 0 saturated heterocycles. The average Bonchev–Trinajstić information content (AvgIpc) is 2.38. The Kier molecular flexibility index (Phi) is 3.77. The first-order valence-electron chi connectivity index (χ1n) is 5.11. The highest BCUT2D eigenvalue weighted by Gasteiger charge is 2.01. The Morgan fingerprint density at radius 3 is 2.35 bits per heavy atom. The van der Waals surface area contributed by atoms with Crippen LogP contribution in [0, 0.1) is 0 Å². The van der Waals surface area contributed by atoms with Crippen molar-refractivity contribution in [3.63, 3.8) is 0 Å². The number of pyridine rings is 1. The van der Waals surface area contributed by atoms with Gasteiger partial charge in [-0.3, -0.25) is 4.98 Å². The maximum absolute atomic E-state index is 10.7. The normalized spacial score (nSPS) is 10.1. The fourth-order valence-electron chi connectivity index (χ4n) is 1.34. The predicted octanol–water partition coefficient (Wildman–Crippen LogP) is 3.07. The maximum Gasteiger partial charge on any atom is 0.335 e. The minimum absolute atomic E-state index is 0.322. The summed E-state index contributed by atoms with van der Waals surface area (Å²) in [6.45, 7) is 0. The van der Waals surface area contributed by atoms with Crippen molar-refractivity contribution in [3.8, 4) is 0 Å². The van der Waals surface area contributed by atoms with Crippen molar-refractivity contribution in [2.45, 2.75) is 10.6 Å². The van der Waals surface area contributed by atoms with E-state index in [4.69, 9.17) is 5.11 Å². The van der Waals surface area contributed by atoms with Crippen LogP contribution in [0.1, 0.15) is 15.9 Å². The van der Waals surface area contributed by atoms with Crippen LogP contribution in [0.2, 0.25) is 0 Å². The van der Waals surface area contributed by atoms with Gasteiger partial charge in [0.2, 0.25) is 0 Å². The van der Waals surface area contributed by atoms with Crippen LogP contribution >= 0.6 is 11.8 Å². The van der Waals surface area contributed by atoms with Crippen molar-refractivity contribution < 1.29 is 9.90 Å². The molecule has 17 heavy (non-hydrogen) atoms. The highest BCUT2D eigenvalue weighted by Crippen LogP contribution is 2.21. The Balaban J connectivity index is 1.98. The minimum atomic E-state index is -0.890. The maximum atomic E-state index is 10.7. The summed E-state index contributed by atoms with van der Waals surface area (Å²) in [5.74, 6) is -0.0671. The lowest BCUT2D eigenvalue weighted by Crippen LogP contribution is -1.95. The van der Waals surface area contributed by atoms with Crippen molar-refractivity contribution >= 4 is 17.7 Å². The Hall–Kier alpha value is -1.81. The molecular formula is C13H11NO2S. The zero-order valence-corrected chi connectivity index (χ0v) is 9.85. The zero-order valence-electron chi connectivity index (χ0n) is 9.04. The minimum Gasteiger partial charge on any atom is -0.478 e. The highest BCUT2D eigenvalue weighted by molar-refractivity contribution is 7.98. The largest absolute Gasteiger partial charge is 0.478 e. The summed E-state index contributed by atoms with van der Waals surface area (Å²) >= 11 is 1.70. The first-order chi connectivity index (χ1) is 8.25. The molecule has 0 aliphatic rings. The number of rotatable bonds is 4. The Morgan fingerprint density at radius 1 is 1.12 bits per heavy atom. The zero-order chi connectivity index (χ0) is 12.1. The highest BCUT2D eigenvalue weighted by atomic mass is 32.2. The number of hydrogen-bond acceptors (Lipinski definition) is 3.